The van der Waals surface area contributed by atoms with E-state index in [1.165, 1.54) is 6.21 Å². The molecule has 152 valence electrons. The molecule has 0 atom stereocenters. The molecule has 0 bridgehead atoms. The number of phenolic OH excluding ortho intramolecular Hbond substituents is 1. The molecular formula is C21H14Br3N3O3. The summed E-state index contributed by atoms with van der Waals surface area (Å²) < 4.78 is 1.95. The number of benzene rings is 3. The number of hydrazone groups is 1. The minimum absolute atomic E-state index is 0.0151. The SMILES string of the molecule is O=C(NN=Cc1cc(Br)cc(Br)c1O)c1ccc(NC(=O)c2ccccc2Br)cc1. The number of amides is 2. The van der Waals surface area contributed by atoms with E-state index in [1.807, 2.05) is 6.07 Å². The lowest BCUT2D eigenvalue weighted by Gasteiger charge is -2.07. The number of anilines is 1. The van der Waals surface area contributed by atoms with Crippen LogP contribution in [0.2, 0.25) is 0 Å². The minimum Gasteiger partial charge on any atom is -0.506 e. The summed E-state index contributed by atoms with van der Waals surface area (Å²) in [6, 6.07) is 16.9. The number of phenols is 1. The molecule has 0 saturated heterocycles. The van der Waals surface area contributed by atoms with Crippen LogP contribution in [0.3, 0.4) is 0 Å². The first-order valence-electron chi connectivity index (χ1n) is 8.52. The van der Waals surface area contributed by atoms with Gasteiger partial charge < -0.3 is 10.4 Å². The predicted octanol–water partition coefficient (Wildman–Crippen LogP) is 5.70. The van der Waals surface area contributed by atoms with Gasteiger partial charge in [-0.25, -0.2) is 5.43 Å². The smallest absolute Gasteiger partial charge is 0.271 e. The lowest BCUT2D eigenvalue weighted by Crippen LogP contribution is -2.18. The van der Waals surface area contributed by atoms with Crippen molar-refractivity contribution in [2.45, 2.75) is 0 Å². The van der Waals surface area contributed by atoms with Crippen molar-refractivity contribution in [2.24, 2.45) is 5.10 Å². The third-order valence-corrected chi connectivity index (χ3v) is 5.70. The molecule has 0 spiro atoms. The predicted molar refractivity (Wildman–Crippen MR) is 127 cm³/mol. The molecule has 0 heterocycles. The largest absolute Gasteiger partial charge is 0.506 e. The first-order valence-corrected chi connectivity index (χ1v) is 10.9. The van der Waals surface area contributed by atoms with Gasteiger partial charge in [0.15, 0.2) is 0 Å². The highest BCUT2D eigenvalue weighted by atomic mass is 79.9. The molecule has 0 fully saturated rings. The zero-order valence-electron chi connectivity index (χ0n) is 15.2. The first-order chi connectivity index (χ1) is 14.3. The van der Waals surface area contributed by atoms with Crippen molar-refractivity contribution in [1.82, 2.24) is 5.43 Å². The quantitative estimate of drug-likeness (QED) is 0.261. The van der Waals surface area contributed by atoms with E-state index in [0.29, 0.717) is 31.3 Å². The Hall–Kier alpha value is -2.49. The van der Waals surface area contributed by atoms with Crippen molar-refractivity contribution in [2.75, 3.05) is 5.32 Å². The van der Waals surface area contributed by atoms with Gasteiger partial charge in [0, 0.05) is 25.8 Å². The van der Waals surface area contributed by atoms with Gasteiger partial charge in [-0.3, -0.25) is 9.59 Å². The van der Waals surface area contributed by atoms with E-state index in [0.717, 1.165) is 4.47 Å². The Kier molecular flexibility index (Phi) is 7.41. The van der Waals surface area contributed by atoms with Crippen molar-refractivity contribution in [3.05, 3.63) is 90.8 Å². The topological polar surface area (TPSA) is 90.8 Å². The molecule has 30 heavy (non-hydrogen) atoms. The summed E-state index contributed by atoms with van der Waals surface area (Å²) in [7, 11) is 0. The summed E-state index contributed by atoms with van der Waals surface area (Å²) in [4.78, 5) is 24.6. The summed E-state index contributed by atoms with van der Waals surface area (Å²) in [6.45, 7) is 0. The standard InChI is InChI=1S/C21H14Br3N3O3/c22-14-9-13(19(28)18(24)10-14)11-25-27-20(29)12-5-7-15(8-6-12)26-21(30)16-3-1-2-4-17(16)23/h1-11,28H,(H,26,30)(H,27,29). The van der Waals surface area contributed by atoms with Crippen molar-refractivity contribution in [3.8, 4) is 5.75 Å². The number of rotatable bonds is 5. The summed E-state index contributed by atoms with van der Waals surface area (Å²) in [5, 5.41) is 16.7. The van der Waals surface area contributed by atoms with Crippen molar-refractivity contribution in [3.63, 3.8) is 0 Å². The highest BCUT2D eigenvalue weighted by Gasteiger charge is 2.11. The van der Waals surface area contributed by atoms with Gasteiger partial charge in [0.2, 0.25) is 0 Å². The highest BCUT2D eigenvalue weighted by molar-refractivity contribution is 9.11. The number of nitrogens with zero attached hydrogens (tertiary/aromatic N) is 1. The van der Waals surface area contributed by atoms with Gasteiger partial charge in [0.05, 0.1) is 16.3 Å². The number of hydrogen-bond donors (Lipinski definition) is 3. The van der Waals surface area contributed by atoms with Crippen LogP contribution in [0.4, 0.5) is 5.69 Å². The lowest BCUT2D eigenvalue weighted by molar-refractivity contribution is 0.0954. The zero-order chi connectivity index (χ0) is 21.7. The second kappa shape index (κ2) is 10.0. The van der Waals surface area contributed by atoms with Crippen LogP contribution >= 0.6 is 47.8 Å². The minimum atomic E-state index is -0.427. The van der Waals surface area contributed by atoms with Crippen LogP contribution in [0.1, 0.15) is 26.3 Å². The Morgan fingerprint density at radius 1 is 0.900 bits per heavy atom. The van der Waals surface area contributed by atoms with E-state index < -0.39 is 5.91 Å². The molecule has 2 amide bonds. The van der Waals surface area contributed by atoms with Crippen LogP contribution < -0.4 is 10.7 Å². The Labute approximate surface area is 197 Å². The van der Waals surface area contributed by atoms with Crippen LogP contribution in [-0.4, -0.2) is 23.1 Å². The molecule has 0 saturated carbocycles. The van der Waals surface area contributed by atoms with Gasteiger partial charge in [-0.05, 0) is 80.4 Å². The molecule has 0 unspecified atom stereocenters. The number of carbonyl (C=O) groups is 2. The average Bonchev–Trinajstić information content (AvgIpc) is 2.72. The van der Waals surface area contributed by atoms with Gasteiger partial charge in [-0.1, -0.05) is 28.1 Å². The van der Waals surface area contributed by atoms with Crippen molar-refractivity contribution < 1.29 is 14.7 Å². The Balaban J connectivity index is 1.63. The van der Waals surface area contributed by atoms with E-state index in [1.54, 1.807) is 54.6 Å². The number of halogens is 3. The maximum atomic E-state index is 12.3. The molecule has 3 aromatic rings. The molecule has 6 nitrogen and oxygen atoms in total. The normalized spacial score (nSPS) is 10.8. The summed E-state index contributed by atoms with van der Waals surface area (Å²) in [6.07, 6.45) is 1.34. The van der Waals surface area contributed by atoms with Gasteiger partial charge in [0.25, 0.3) is 11.8 Å². The molecule has 0 aliphatic rings. The Bertz CT molecular complexity index is 1130. The number of aromatic hydroxyl groups is 1. The van der Waals surface area contributed by atoms with E-state index in [4.69, 9.17) is 0 Å². The van der Waals surface area contributed by atoms with Crippen LogP contribution in [0, 0.1) is 0 Å². The molecule has 0 radical (unpaired) electrons. The number of carbonyl (C=O) groups excluding carboxylic acids is 2. The van der Waals surface area contributed by atoms with E-state index in [-0.39, 0.29) is 11.7 Å². The van der Waals surface area contributed by atoms with Gasteiger partial charge in [-0.2, -0.15) is 5.10 Å². The summed E-state index contributed by atoms with van der Waals surface area (Å²) >= 11 is 9.91. The van der Waals surface area contributed by atoms with Crippen LogP contribution in [-0.2, 0) is 0 Å². The second-order valence-electron chi connectivity index (χ2n) is 6.04. The van der Waals surface area contributed by atoms with Crippen LogP contribution in [0.25, 0.3) is 0 Å². The molecule has 3 N–H and O–H groups in total. The van der Waals surface area contributed by atoms with Gasteiger partial charge in [0.1, 0.15) is 5.75 Å². The molecule has 3 rings (SSSR count). The maximum absolute atomic E-state index is 12.3. The van der Waals surface area contributed by atoms with E-state index >= 15 is 0 Å². The van der Waals surface area contributed by atoms with Crippen LogP contribution in [0.15, 0.2) is 79.2 Å². The maximum Gasteiger partial charge on any atom is 0.271 e. The van der Waals surface area contributed by atoms with Crippen molar-refractivity contribution in [1.29, 1.82) is 0 Å². The third kappa shape index (κ3) is 5.56. The average molecular weight is 596 g/mol. The molecule has 9 heteroatoms. The summed E-state index contributed by atoms with van der Waals surface area (Å²) in [5.41, 5.74) is 4.27. The number of nitrogens with one attached hydrogen (secondary N) is 2. The summed E-state index contributed by atoms with van der Waals surface area (Å²) in [5.74, 6) is -0.672. The third-order valence-electron chi connectivity index (χ3n) is 3.95. The first kappa shape index (κ1) is 22.2. The fraction of sp³-hybridized carbons (Fsp3) is 0. The Morgan fingerprint density at radius 3 is 2.30 bits per heavy atom. The fourth-order valence-electron chi connectivity index (χ4n) is 2.46. The molecule has 3 aromatic carbocycles. The Morgan fingerprint density at radius 2 is 1.60 bits per heavy atom. The van der Waals surface area contributed by atoms with E-state index in [9.17, 15) is 14.7 Å². The fourth-order valence-corrected chi connectivity index (χ4v) is 4.18. The van der Waals surface area contributed by atoms with Crippen molar-refractivity contribution >= 4 is 71.5 Å². The second-order valence-corrected chi connectivity index (χ2v) is 8.66. The molecule has 0 aromatic heterocycles. The molecule has 0 aliphatic heterocycles. The number of hydrogen-bond acceptors (Lipinski definition) is 4. The monoisotopic (exact) mass is 593 g/mol. The molecular weight excluding hydrogens is 582 g/mol. The highest BCUT2D eigenvalue weighted by Crippen LogP contribution is 2.30. The van der Waals surface area contributed by atoms with E-state index in [2.05, 4.69) is 63.6 Å². The van der Waals surface area contributed by atoms with Crippen LogP contribution in [0.5, 0.6) is 5.75 Å². The lowest BCUT2D eigenvalue weighted by atomic mass is 10.1. The van der Waals surface area contributed by atoms with Gasteiger partial charge >= 0.3 is 0 Å². The zero-order valence-corrected chi connectivity index (χ0v) is 20.0. The molecule has 0 aliphatic carbocycles. The van der Waals surface area contributed by atoms with Gasteiger partial charge in [-0.15, -0.1) is 0 Å².